The van der Waals surface area contributed by atoms with Gasteiger partial charge in [-0.2, -0.15) is 5.10 Å². The number of ether oxygens (including phenoxy) is 1. The second-order valence-corrected chi connectivity index (χ2v) is 5.74. The van der Waals surface area contributed by atoms with Crippen molar-refractivity contribution in [2.45, 2.75) is 13.0 Å². The molecule has 23 heavy (non-hydrogen) atoms. The molecule has 3 rings (SSSR count). The highest BCUT2D eigenvalue weighted by Crippen LogP contribution is 2.26. The standard InChI is InChI=1S/C16H17FN4OS/c1-22-15-3-2-11(6-14(15)17)16-12(8-20-21-16)7-18-5-4-13-9-23-10-19-13/h2-3,6,8-10,18H,4-5,7H2,1H3,(H,20,21). The third-order valence-electron chi connectivity index (χ3n) is 3.52. The quantitative estimate of drug-likeness (QED) is 0.653. The van der Waals surface area contributed by atoms with Crippen LogP contribution >= 0.6 is 11.3 Å². The van der Waals surface area contributed by atoms with Crippen LogP contribution in [0.2, 0.25) is 0 Å². The summed E-state index contributed by atoms with van der Waals surface area (Å²) in [4.78, 5) is 4.25. The third kappa shape index (κ3) is 3.75. The van der Waals surface area contributed by atoms with Crippen LogP contribution in [0, 0.1) is 5.82 Å². The molecule has 0 aliphatic heterocycles. The minimum Gasteiger partial charge on any atom is -0.494 e. The van der Waals surface area contributed by atoms with Gasteiger partial charge in [0.2, 0.25) is 0 Å². The van der Waals surface area contributed by atoms with Gasteiger partial charge >= 0.3 is 0 Å². The summed E-state index contributed by atoms with van der Waals surface area (Å²) in [5, 5.41) is 12.4. The SMILES string of the molecule is COc1ccc(-c2[nH]ncc2CNCCc2cscn2)cc1F. The minimum atomic E-state index is -0.387. The van der Waals surface area contributed by atoms with E-state index in [-0.39, 0.29) is 11.6 Å². The molecule has 3 aromatic rings. The van der Waals surface area contributed by atoms with Gasteiger partial charge in [-0.25, -0.2) is 9.37 Å². The number of halogens is 1. The Morgan fingerprint density at radius 1 is 1.39 bits per heavy atom. The maximum Gasteiger partial charge on any atom is 0.165 e. The van der Waals surface area contributed by atoms with Crippen molar-refractivity contribution in [3.63, 3.8) is 0 Å². The molecule has 0 fully saturated rings. The van der Waals surface area contributed by atoms with Crippen molar-refractivity contribution < 1.29 is 9.13 Å². The second-order valence-electron chi connectivity index (χ2n) is 5.03. The van der Waals surface area contributed by atoms with E-state index in [9.17, 15) is 4.39 Å². The first kappa shape index (κ1) is 15.6. The van der Waals surface area contributed by atoms with Crippen molar-refractivity contribution in [3.8, 4) is 17.0 Å². The molecule has 7 heteroatoms. The number of hydrogen-bond acceptors (Lipinski definition) is 5. The Balaban J connectivity index is 1.63. The fourth-order valence-electron chi connectivity index (χ4n) is 2.32. The number of hydrogen-bond donors (Lipinski definition) is 2. The summed E-state index contributed by atoms with van der Waals surface area (Å²) in [5.74, 6) is -0.154. The number of aromatic amines is 1. The van der Waals surface area contributed by atoms with Crippen molar-refractivity contribution >= 4 is 11.3 Å². The number of thiazole rings is 1. The van der Waals surface area contributed by atoms with E-state index < -0.39 is 0 Å². The summed E-state index contributed by atoms with van der Waals surface area (Å²) in [6.07, 6.45) is 2.64. The number of rotatable bonds is 7. The predicted octanol–water partition coefficient (Wildman–Crippen LogP) is 3.01. The van der Waals surface area contributed by atoms with Gasteiger partial charge in [-0.05, 0) is 18.2 Å². The van der Waals surface area contributed by atoms with Gasteiger partial charge in [-0.15, -0.1) is 11.3 Å². The van der Waals surface area contributed by atoms with Crippen LogP contribution in [0.1, 0.15) is 11.3 Å². The van der Waals surface area contributed by atoms with Crippen molar-refractivity contribution in [1.29, 1.82) is 0 Å². The van der Waals surface area contributed by atoms with E-state index in [1.54, 1.807) is 23.6 Å². The molecule has 0 saturated heterocycles. The largest absolute Gasteiger partial charge is 0.494 e. The van der Waals surface area contributed by atoms with Crippen LogP contribution in [0.4, 0.5) is 4.39 Å². The lowest BCUT2D eigenvalue weighted by molar-refractivity contribution is 0.386. The van der Waals surface area contributed by atoms with E-state index >= 15 is 0 Å². The fourth-order valence-corrected chi connectivity index (χ4v) is 2.91. The lowest BCUT2D eigenvalue weighted by Crippen LogP contribution is -2.16. The van der Waals surface area contributed by atoms with Gasteiger partial charge in [-0.1, -0.05) is 0 Å². The van der Waals surface area contributed by atoms with Crippen LogP contribution in [0.25, 0.3) is 11.3 Å². The van der Waals surface area contributed by atoms with Crippen molar-refractivity contribution in [1.82, 2.24) is 20.5 Å². The number of nitrogens with one attached hydrogen (secondary N) is 2. The van der Waals surface area contributed by atoms with Gasteiger partial charge in [-0.3, -0.25) is 5.10 Å². The lowest BCUT2D eigenvalue weighted by atomic mass is 10.1. The first-order chi connectivity index (χ1) is 11.3. The van der Waals surface area contributed by atoms with Gasteiger partial charge in [0, 0.05) is 36.0 Å². The molecule has 0 unspecified atom stereocenters. The smallest absolute Gasteiger partial charge is 0.165 e. The average Bonchev–Trinajstić information content (AvgIpc) is 3.23. The van der Waals surface area contributed by atoms with Gasteiger partial charge in [0.25, 0.3) is 0 Å². The molecular weight excluding hydrogens is 315 g/mol. The van der Waals surface area contributed by atoms with Crippen LogP contribution in [-0.2, 0) is 13.0 Å². The maximum absolute atomic E-state index is 13.9. The summed E-state index contributed by atoms with van der Waals surface area (Å²) in [7, 11) is 1.45. The molecule has 0 amide bonds. The summed E-state index contributed by atoms with van der Waals surface area (Å²) in [6, 6.07) is 4.88. The van der Waals surface area contributed by atoms with Gasteiger partial charge in [0.15, 0.2) is 11.6 Å². The van der Waals surface area contributed by atoms with Gasteiger partial charge in [0.1, 0.15) is 0 Å². The predicted molar refractivity (Wildman–Crippen MR) is 88.1 cm³/mol. The Morgan fingerprint density at radius 3 is 3.04 bits per heavy atom. The van der Waals surface area contributed by atoms with E-state index in [4.69, 9.17) is 4.74 Å². The van der Waals surface area contributed by atoms with Crippen molar-refractivity contribution in [2.24, 2.45) is 0 Å². The van der Waals surface area contributed by atoms with Crippen LogP contribution in [-0.4, -0.2) is 28.8 Å². The zero-order valence-corrected chi connectivity index (χ0v) is 13.5. The topological polar surface area (TPSA) is 62.8 Å². The van der Waals surface area contributed by atoms with E-state index in [2.05, 4.69) is 20.5 Å². The monoisotopic (exact) mass is 332 g/mol. The molecule has 0 bridgehead atoms. The minimum absolute atomic E-state index is 0.233. The second kappa shape index (κ2) is 7.34. The van der Waals surface area contributed by atoms with Crippen molar-refractivity contribution in [3.05, 3.63) is 52.4 Å². The summed E-state index contributed by atoms with van der Waals surface area (Å²) in [6.45, 7) is 1.48. The zero-order chi connectivity index (χ0) is 16.1. The Kier molecular flexibility index (Phi) is 4.99. The van der Waals surface area contributed by atoms with Crippen LogP contribution < -0.4 is 10.1 Å². The van der Waals surface area contributed by atoms with E-state index in [0.717, 1.165) is 35.5 Å². The third-order valence-corrected chi connectivity index (χ3v) is 4.15. The molecule has 0 saturated carbocycles. The highest BCUT2D eigenvalue weighted by molar-refractivity contribution is 7.07. The fraction of sp³-hybridized carbons (Fsp3) is 0.250. The first-order valence-electron chi connectivity index (χ1n) is 7.22. The molecule has 0 aliphatic rings. The number of benzene rings is 1. The number of nitrogens with zero attached hydrogens (tertiary/aromatic N) is 2. The normalized spacial score (nSPS) is 10.9. The Morgan fingerprint density at radius 2 is 2.30 bits per heavy atom. The maximum atomic E-state index is 13.9. The number of aromatic nitrogens is 3. The van der Waals surface area contributed by atoms with Crippen LogP contribution in [0.3, 0.4) is 0 Å². The highest BCUT2D eigenvalue weighted by Gasteiger charge is 2.10. The molecule has 2 N–H and O–H groups in total. The molecule has 2 heterocycles. The molecule has 1 aromatic carbocycles. The molecule has 120 valence electrons. The summed E-state index contributed by atoms with van der Waals surface area (Å²) < 4.78 is 18.8. The van der Waals surface area contributed by atoms with Crippen molar-refractivity contribution in [2.75, 3.05) is 13.7 Å². The molecule has 0 aliphatic carbocycles. The van der Waals surface area contributed by atoms with E-state index in [1.807, 2.05) is 17.0 Å². The lowest BCUT2D eigenvalue weighted by Gasteiger charge is -2.07. The van der Waals surface area contributed by atoms with Gasteiger partial charge in [0.05, 0.1) is 30.2 Å². The van der Waals surface area contributed by atoms with Crippen LogP contribution in [0.15, 0.2) is 35.3 Å². The summed E-state index contributed by atoms with van der Waals surface area (Å²) in [5.41, 5.74) is 5.48. The molecular formula is C16H17FN4OS. The molecule has 0 spiro atoms. The van der Waals surface area contributed by atoms with Gasteiger partial charge < -0.3 is 10.1 Å². The summed E-state index contributed by atoms with van der Waals surface area (Å²) >= 11 is 1.60. The van der Waals surface area contributed by atoms with Crippen LogP contribution in [0.5, 0.6) is 5.75 Å². The molecule has 2 aromatic heterocycles. The van der Waals surface area contributed by atoms with E-state index in [1.165, 1.54) is 13.2 Å². The molecule has 0 radical (unpaired) electrons. The number of H-pyrrole nitrogens is 1. The zero-order valence-electron chi connectivity index (χ0n) is 12.7. The van der Waals surface area contributed by atoms with E-state index in [0.29, 0.717) is 6.54 Å². The Labute approximate surface area is 137 Å². The molecule has 5 nitrogen and oxygen atoms in total. The average molecular weight is 332 g/mol. The Hall–Kier alpha value is -2.25. The first-order valence-corrected chi connectivity index (χ1v) is 8.16. The molecule has 0 atom stereocenters. The Bertz CT molecular complexity index is 757. The number of methoxy groups -OCH3 is 1. The highest BCUT2D eigenvalue weighted by atomic mass is 32.1.